The van der Waals surface area contributed by atoms with E-state index in [-0.39, 0.29) is 5.91 Å². The van der Waals surface area contributed by atoms with E-state index in [9.17, 15) is 10.0 Å². The van der Waals surface area contributed by atoms with E-state index in [2.05, 4.69) is 6.92 Å². The summed E-state index contributed by atoms with van der Waals surface area (Å²) >= 11 is 5.89. The van der Waals surface area contributed by atoms with Gasteiger partial charge in [-0.15, -0.1) is 0 Å². The fourth-order valence-electron chi connectivity index (χ4n) is 3.51. The molecule has 160 valence electrons. The summed E-state index contributed by atoms with van der Waals surface area (Å²) in [7, 11) is 0. The zero-order chi connectivity index (χ0) is 20.5. The smallest absolute Gasteiger partial charge is 0.250 e. The van der Waals surface area contributed by atoms with Crippen LogP contribution in [0.1, 0.15) is 110 Å². The van der Waals surface area contributed by atoms with Crippen molar-refractivity contribution >= 4 is 23.2 Å². The van der Waals surface area contributed by atoms with Crippen LogP contribution in [0.5, 0.6) is 0 Å². The molecule has 3 nitrogen and oxygen atoms in total. The molecule has 1 aromatic carbocycles. The van der Waals surface area contributed by atoms with Gasteiger partial charge in [0.25, 0.3) is 5.91 Å². The Hall–Kier alpha value is -1.06. The number of hydrogen-bond acceptors (Lipinski definition) is 2. The van der Waals surface area contributed by atoms with Crippen LogP contribution in [0.4, 0.5) is 5.69 Å². The minimum absolute atomic E-state index is 0.267. The molecule has 4 heteroatoms. The SMILES string of the molecule is CCCCCCCCCCCCCCCCCC(=O)N(O)c1cccc(Cl)c1. The van der Waals surface area contributed by atoms with E-state index < -0.39 is 0 Å². The number of amides is 1. The Morgan fingerprint density at radius 2 is 1.29 bits per heavy atom. The van der Waals surface area contributed by atoms with Crippen LogP contribution in [-0.2, 0) is 4.79 Å². The molecular formula is C24H40ClNO2. The van der Waals surface area contributed by atoms with Gasteiger partial charge in [0.15, 0.2) is 0 Å². The maximum atomic E-state index is 12.0. The fourth-order valence-corrected chi connectivity index (χ4v) is 3.69. The average Bonchev–Trinajstić information content (AvgIpc) is 2.70. The molecule has 1 amide bonds. The van der Waals surface area contributed by atoms with Gasteiger partial charge in [0.2, 0.25) is 0 Å². The molecule has 0 aliphatic rings. The third-order valence-corrected chi connectivity index (χ3v) is 5.52. The first-order valence-corrected chi connectivity index (χ1v) is 11.8. The number of rotatable bonds is 17. The third-order valence-electron chi connectivity index (χ3n) is 5.28. The number of halogens is 1. The van der Waals surface area contributed by atoms with E-state index in [1.807, 2.05) is 0 Å². The van der Waals surface area contributed by atoms with Crippen molar-refractivity contribution in [3.63, 3.8) is 0 Å². The average molecular weight is 410 g/mol. The summed E-state index contributed by atoms with van der Waals surface area (Å²) in [6, 6.07) is 6.71. The van der Waals surface area contributed by atoms with Crippen LogP contribution in [0.3, 0.4) is 0 Å². The Morgan fingerprint density at radius 1 is 0.821 bits per heavy atom. The molecule has 0 aliphatic heterocycles. The number of hydrogen-bond donors (Lipinski definition) is 1. The molecule has 0 atom stereocenters. The van der Waals surface area contributed by atoms with E-state index in [1.165, 1.54) is 83.5 Å². The molecule has 1 N–H and O–H groups in total. The van der Waals surface area contributed by atoms with E-state index >= 15 is 0 Å². The number of anilines is 1. The van der Waals surface area contributed by atoms with Crippen LogP contribution in [0.15, 0.2) is 24.3 Å². The van der Waals surface area contributed by atoms with Gasteiger partial charge in [-0.2, -0.15) is 5.06 Å². The zero-order valence-electron chi connectivity index (χ0n) is 17.8. The van der Waals surface area contributed by atoms with Crippen LogP contribution >= 0.6 is 11.6 Å². The van der Waals surface area contributed by atoms with Crippen LogP contribution in [-0.4, -0.2) is 11.1 Å². The normalized spacial score (nSPS) is 11.0. The first-order chi connectivity index (χ1) is 13.6. The van der Waals surface area contributed by atoms with Gasteiger partial charge in [0.05, 0.1) is 5.69 Å². The van der Waals surface area contributed by atoms with Crippen molar-refractivity contribution in [3.8, 4) is 0 Å². The Morgan fingerprint density at radius 3 is 1.75 bits per heavy atom. The highest BCUT2D eigenvalue weighted by molar-refractivity contribution is 6.30. The molecule has 1 aromatic rings. The quantitative estimate of drug-likeness (QED) is 0.159. The van der Waals surface area contributed by atoms with Gasteiger partial charge in [-0.1, -0.05) is 114 Å². The van der Waals surface area contributed by atoms with Crippen molar-refractivity contribution in [1.29, 1.82) is 0 Å². The fraction of sp³-hybridized carbons (Fsp3) is 0.708. The van der Waals surface area contributed by atoms with Crippen molar-refractivity contribution in [2.24, 2.45) is 0 Å². The van der Waals surface area contributed by atoms with Gasteiger partial charge in [-0.25, -0.2) is 0 Å². The second-order valence-electron chi connectivity index (χ2n) is 7.89. The largest absolute Gasteiger partial charge is 0.281 e. The number of benzene rings is 1. The molecule has 0 spiro atoms. The second kappa shape index (κ2) is 16.9. The summed E-state index contributed by atoms with van der Waals surface area (Å²) in [6.45, 7) is 2.27. The molecular weight excluding hydrogens is 370 g/mol. The summed E-state index contributed by atoms with van der Waals surface area (Å²) in [4.78, 5) is 12.0. The van der Waals surface area contributed by atoms with E-state index in [0.29, 0.717) is 17.1 Å². The Balaban J connectivity index is 1.89. The van der Waals surface area contributed by atoms with E-state index in [4.69, 9.17) is 11.6 Å². The minimum Gasteiger partial charge on any atom is -0.281 e. The monoisotopic (exact) mass is 409 g/mol. The molecule has 28 heavy (non-hydrogen) atoms. The summed E-state index contributed by atoms with van der Waals surface area (Å²) in [5.41, 5.74) is 0.429. The number of carbonyl (C=O) groups is 1. The van der Waals surface area contributed by atoms with Crippen molar-refractivity contribution in [3.05, 3.63) is 29.3 Å². The van der Waals surface area contributed by atoms with Gasteiger partial charge >= 0.3 is 0 Å². The molecule has 0 bridgehead atoms. The first-order valence-electron chi connectivity index (χ1n) is 11.4. The maximum Gasteiger partial charge on any atom is 0.250 e. The van der Waals surface area contributed by atoms with Crippen molar-refractivity contribution in [2.75, 3.05) is 5.06 Å². The lowest BCUT2D eigenvalue weighted by Gasteiger charge is -2.15. The van der Waals surface area contributed by atoms with Gasteiger partial charge in [0.1, 0.15) is 0 Å². The number of carbonyl (C=O) groups excluding carboxylic acids is 1. The highest BCUT2D eigenvalue weighted by Crippen LogP contribution is 2.19. The first kappa shape index (κ1) is 25.0. The van der Waals surface area contributed by atoms with E-state index in [0.717, 1.165) is 17.9 Å². The van der Waals surface area contributed by atoms with Crippen LogP contribution in [0.25, 0.3) is 0 Å². The summed E-state index contributed by atoms with van der Waals surface area (Å²) in [6.07, 6.45) is 19.9. The van der Waals surface area contributed by atoms with Gasteiger partial charge in [-0.05, 0) is 24.6 Å². The summed E-state index contributed by atoms with van der Waals surface area (Å²) < 4.78 is 0. The lowest BCUT2D eigenvalue weighted by Crippen LogP contribution is -2.26. The molecule has 0 heterocycles. The zero-order valence-corrected chi connectivity index (χ0v) is 18.6. The van der Waals surface area contributed by atoms with Crippen molar-refractivity contribution < 1.29 is 10.0 Å². The van der Waals surface area contributed by atoms with Crippen LogP contribution in [0, 0.1) is 0 Å². The van der Waals surface area contributed by atoms with Gasteiger partial charge in [-0.3, -0.25) is 10.0 Å². The second-order valence-corrected chi connectivity index (χ2v) is 8.32. The third kappa shape index (κ3) is 12.4. The molecule has 1 rings (SSSR count). The molecule has 0 unspecified atom stereocenters. The molecule has 0 aromatic heterocycles. The molecule has 0 aliphatic carbocycles. The molecule has 0 saturated heterocycles. The number of nitrogens with zero attached hydrogens (tertiary/aromatic N) is 1. The highest BCUT2D eigenvalue weighted by atomic mass is 35.5. The van der Waals surface area contributed by atoms with Crippen molar-refractivity contribution in [1.82, 2.24) is 0 Å². The van der Waals surface area contributed by atoms with Gasteiger partial charge in [0, 0.05) is 11.4 Å². The molecule has 0 saturated carbocycles. The molecule has 0 fully saturated rings. The van der Waals surface area contributed by atoms with Crippen molar-refractivity contribution in [2.45, 2.75) is 110 Å². The van der Waals surface area contributed by atoms with Crippen LogP contribution in [0.2, 0.25) is 5.02 Å². The standard InChI is InChI=1S/C24H40ClNO2/c1-2-3-4-5-6-7-8-9-10-11-12-13-14-15-16-20-24(27)26(28)23-19-17-18-22(25)21-23/h17-19,21,28H,2-16,20H2,1H3. The highest BCUT2D eigenvalue weighted by Gasteiger charge is 2.12. The number of unbranched alkanes of at least 4 members (excludes halogenated alkanes) is 14. The summed E-state index contributed by atoms with van der Waals surface area (Å²) in [5, 5.41) is 11.2. The predicted octanol–water partition coefficient (Wildman–Crippen LogP) is 8.32. The minimum atomic E-state index is -0.267. The molecule has 0 radical (unpaired) electrons. The Kier molecular flexibility index (Phi) is 15.0. The maximum absolute atomic E-state index is 12.0. The topological polar surface area (TPSA) is 40.5 Å². The lowest BCUT2D eigenvalue weighted by molar-refractivity contribution is -0.123. The Bertz CT molecular complexity index is 521. The number of hydroxylamine groups is 1. The predicted molar refractivity (Wildman–Crippen MR) is 120 cm³/mol. The summed E-state index contributed by atoms with van der Waals surface area (Å²) in [5.74, 6) is -0.267. The van der Waals surface area contributed by atoms with Crippen LogP contribution < -0.4 is 5.06 Å². The Labute approximate surface area is 177 Å². The van der Waals surface area contributed by atoms with E-state index in [1.54, 1.807) is 24.3 Å². The lowest BCUT2D eigenvalue weighted by atomic mass is 10.0. The van der Waals surface area contributed by atoms with Gasteiger partial charge < -0.3 is 0 Å².